The summed E-state index contributed by atoms with van der Waals surface area (Å²) < 4.78 is 40.5. The van der Waals surface area contributed by atoms with E-state index in [0.29, 0.717) is 10.0 Å². The standard InChI is InChI=1S/C23H14Cl2F3N3O3/c24-14-3-1-5-17(11-14)30-21(33)19(22(34)31(30)18-6-2-4-15(25)12-18)20(32)29-16-9-7-13(8-10-16)23(26,27)28/h1-12,33H,(H,29,32). The van der Waals surface area contributed by atoms with Crippen molar-refractivity contribution in [2.75, 3.05) is 5.32 Å². The molecular weight excluding hydrogens is 494 g/mol. The Balaban J connectivity index is 1.83. The number of nitrogens with zero attached hydrogens (tertiary/aromatic N) is 2. The van der Waals surface area contributed by atoms with Crippen molar-refractivity contribution in [2.45, 2.75) is 6.18 Å². The molecule has 4 rings (SSSR count). The lowest BCUT2D eigenvalue weighted by Gasteiger charge is -2.13. The molecule has 2 N–H and O–H groups in total. The summed E-state index contributed by atoms with van der Waals surface area (Å²) in [6.07, 6.45) is -4.54. The summed E-state index contributed by atoms with van der Waals surface area (Å²) in [5.41, 5.74) is -1.88. The van der Waals surface area contributed by atoms with Gasteiger partial charge in [0.05, 0.1) is 16.9 Å². The fraction of sp³-hybridized carbons (Fsp3) is 0.0435. The monoisotopic (exact) mass is 507 g/mol. The summed E-state index contributed by atoms with van der Waals surface area (Å²) >= 11 is 12.1. The number of benzene rings is 3. The van der Waals surface area contributed by atoms with Gasteiger partial charge in [0.25, 0.3) is 11.5 Å². The SMILES string of the molecule is O=C(Nc1ccc(C(F)(F)F)cc1)c1c(O)n(-c2cccc(Cl)c2)n(-c2cccc(Cl)c2)c1=O. The molecule has 34 heavy (non-hydrogen) atoms. The second kappa shape index (κ2) is 8.92. The van der Waals surface area contributed by atoms with Gasteiger partial charge in [-0.1, -0.05) is 35.3 Å². The van der Waals surface area contributed by atoms with Crippen LogP contribution < -0.4 is 10.9 Å². The van der Waals surface area contributed by atoms with E-state index < -0.39 is 34.6 Å². The van der Waals surface area contributed by atoms with Crippen molar-refractivity contribution >= 4 is 34.8 Å². The van der Waals surface area contributed by atoms with Gasteiger partial charge in [0, 0.05) is 15.7 Å². The molecule has 0 aliphatic rings. The lowest BCUT2D eigenvalue weighted by Crippen LogP contribution is -2.25. The van der Waals surface area contributed by atoms with E-state index in [2.05, 4.69) is 5.32 Å². The molecule has 0 unspecified atom stereocenters. The van der Waals surface area contributed by atoms with Gasteiger partial charge < -0.3 is 10.4 Å². The van der Waals surface area contributed by atoms with Gasteiger partial charge in [-0.3, -0.25) is 9.59 Å². The van der Waals surface area contributed by atoms with Crippen LogP contribution in [0.3, 0.4) is 0 Å². The van der Waals surface area contributed by atoms with Gasteiger partial charge in [0.2, 0.25) is 5.88 Å². The molecule has 0 fully saturated rings. The summed E-state index contributed by atoms with van der Waals surface area (Å²) in [5.74, 6) is -1.71. The Labute approximate surface area is 200 Å². The first-order valence-electron chi connectivity index (χ1n) is 9.64. The summed E-state index contributed by atoms with van der Waals surface area (Å²) in [6.45, 7) is 0. The normalized spacial score (nSPS) is 11.4. The highest BCUT2D eigenvalue weighted by atomic mass is 35.5. The van der Waals surface area contributed by atoms with Crippen LogP contribution in [-0.2, 0) is 6.18 Å². The summed E-state index contributed by atoms with van der Waals surface area (Å²) in [5, 5.41) is 13.9. The first-order chi connectivity index (χ1) is 16.1. The van der Waals surface area contributed by atoms with E-state index in [4.69, 9.17) is 23.2 Å². The number of halogens is 5. The fourth-order valence-electron chi connectivity index (χ4n) is 3.31. The van der Waals surface area contributed by atoms with Crippen molar-refractivity contribution in [2.24, 2.45) is 0 Å². The molecule has 1 amide bonds. The van der Waals surface area contributed by atoms with E-state index in [1.807, 2.05) is 0 Å². The first-order valence-corrected chi connectivity index (χ1v) is 10.4. The van der Waals surface area contributed by atoms with Crippen molar-refractivity contribution in [3.63, 3.8) is 0 Å². The molecule has 0 aliphatic carbocycles. The number of amides is 1. The maximum atomic E-state index is 13.3. The second-order valence-electron chi connectivity index (χ2n) is 7.12. The number of hydrogen-bond acceptors (Lipinski definition) is 3. The smallest absolute Gasteiger partial charge is 0.416 e. The van der Waals surface area contributed by atoms with E-state index in [9.17, 15) is 27.9 Å². The highest BCUT2D eigenvalue weighted by Gasteiger charge is 2.31. The molecule has 11 heteroatoms. The van der Waals surface area contributed by atoms with Crippen LogP contribution in [0.4, 0.5) is 18.9 Å². The van der Waals surface area contributed by atoms with Crippen molar-refractivity contribution in [1.82, 2.24) is 9.36 Å². The molecule has 0 saturated heterocycles. The number of aromatic hydroxyl groups is 1. The average Bonchev–Trinajstić information content (AvgIpc) is 3.03. The van der Waals surface area contributed by atoms with Crippen molar-refractivity contribution < 1.29 is 23.1 Å². The van der Waals surface area contributed by atoms with Crippen LogP contribution >= 0.6 is 23.2 Å². The minimum Gasteiger partial charge on any atom is -0.493 e. The molecular formula is C23H14Cl2F3N3O3. The Bertz CT molecular complexity index is 1440. The van der Waals surface area contributed by atoms with E-state index in [1.165, 1.54) is 12.1 Å². The largest absolute Gasteiger partial charge is 0.493 e. The number of aromatic nitrogens is 2. The van der Waals surface area contributed by atoms with E-state index >= 15 is 0 Å². The predicted octanol–water partition coefficient (Wildman–Crippen LogP) is 5.91. The number of anilines is 1. The summed E-state index contributed by atoms with van der Waals surface area (Å²) in [4.78, 5) is 26.2. The Morgan fingerprint density at radius 1 is 0.853 bits per heavy atom. The third-order valence-electron chi connectivity index (χ3n) is 4.83. The zero-order chi connectivity index (χ0) is 24.6. The Morgan fingerprint density at radius 3 is 1.88 bits per heavy atom. The van der Waals surface area contributed by atoms with Crippen molar-refractivity contribution in [1.29, 1.82) is 0 Å². The number of carbonyl (C=O) groups excluding carboxylic acids is 1. The second-order valence-corrected chi connectivity index (χ2v) is 7.99. The third kappa shape index (κ3) is 4.52. The van der Waals surface area contributed by atoms with Crippen LogP contribution in [0.25, 0.3) is 11.4 Å². The van der Waals surface area contributed by atoms with E-state index in [-0.39, 0.29) is 17.1 Å². The van der Waals surface area contributed by atoms with Gasteiger partial charge in [-0.05, 0) is 60.7 Å². The Kier molecular flexibility index (Phi) is 6.16. The maximum Gasteiger partial charge on any atom is 0.416 e. The van der Waals surface area contributed by atoms with Crippen LogP contribution in [0, 0.1) is 0 Å². The lowest BCUT2D eigenvalue weighted by molar-refractivity contribution is -0.137. The van der Waals surface area contributed by atoms with Crippen LogP contribution in [-0.4, -0.2) is 20.4 Å². The molecule has 0 saturated carbocycles. The molecule has 174 valence electrons. The number of carbonyl (C=O) groups is 1. The quantitative estimate of drug-likeness (QED) is 0.360. The zero-order valence-corrected chi connectivity index (χ0v) is 18.5. The minimum absolute atomic E-state index is 0.00149. The lowest BCUT2D eigenvalue weighted by atomic mass is 10.2. The molecule has 4 aromatic rings. The number of alkyl halides is 3. The molecule has 3 aromatic carbocycles. The average molecular weight is 508 g/mol. The van der Waals surface area contributed by atoms with Crippen molar-refractivity contribution in [3.8, 4) is 17.3 Å². The topological polar surface area (TPSA) is 76.3 Å². The molecule has 0 radical (unpaired) electrons. The maximum absolute atomic E-state index is 13.3. The van der Waals surface area contributed by atoms with Crippen molar-refractivity contribution in [3.05, 3.63) is 104 Å². The van der Waals surface area contributed by atoms with Crippen LogP contribution in [0.5, 0.6) is 5.88 Å². The molecule has 1 aromatic heterocycles. The highest BCUT2D eigenvalue weighted by Crippen LogP contribution is 2.30. The van der Waals surface area contributed by atoms with Crippen LogP contribution in [0.15, 0.2) is 77.6 Å². The summed E-state index contributed by atoms with van der Waals surface area (Å²) in [7, 11) is 0. The Morgan fingerprint density at radius 2 is 1.38 bits per heavy atom. The molecule has 1 heterocycles. The van der Waals surface area contributed by atoms with Gasteiger partial charge >= 0.3 is 6.18 Å². The minimum atomic E-state index is -4.54. The van der Waals surface area contributed by atoms with E-state index in [0.717, 1.165) is 33.6 Å². The molecule has 0 bridgehead atoms. The fourth-order valence-corrected chi connectivity index (χ4v) is 3.68. The predicted molar refractivity (Wildman–Crippen MR) is 122 cm³/mol. The Hall–Kier alpha value is -3.69. The zero-order valence-electron chi connectivity index (χ0n) is 17.0. The number of rotatable bonds is 4. The van der Waals surface area contributed by atoms with Crippen LogP contribution in [0.2, 0.25) is 10.0 Å². The molecule has 0 atom stereocenters. The first kappa shape index (κ1) is 23.5. The third-order valence-corrected chi connectivity index (χ3v) is 5.30. The van der Waals surface area contributed by atoms with Gasteiger partial charge in [0.1, 0.15) is 0 Å². The molecule has 0 spiro atoms. The van der Waals surface area contributed by atoms with Gasteiger partial charge in [-0.25, -0.2) is 9.36 Å². The summed E-state index contributed by atoms with van der Waals surface area (Å²) in [6, 6.07) is 16.0. The van der Waals surface area contributed by atoms with Crippen LogP contribution in [0.1, 0.15) is 15.9 Å². The molecule has 0 aliphatic heterocycles. The molecule has 6 nitrogen and oxygen atoms in total. The van der Waals surface area contributed by atoms with Gasteiger partial charge in [-0.2, -0.15) is 13.2 Å². The number of nitrogens with one attached hydrogen (secondary N) is 1. The van der Waals surface area contributed by atoms with E-state index in [1.54, 1.807) is 36.4 Å². The highest BCUT2D eigenvalue weighted by molar-refractivity contribution is 6.31. The number of hydrogen-bond donors (Lipinski definition) is 2. The van der Waals surface area contributed by atoms with Gasteiger partial charge in [0.15, 0.2) is 5.56 Å². The van der Waals surface area contributed by atoms with Gasteiger partial charge in [-0.15, -0.1) is 0 Å².